The SMILES string of the molecule is FC1=C(c2nc3cc[n+](Cc4ccc(Cl)nn4)cc3[nH]2)C=CCC1. The van der Waals surface area contributed by atoms with E-state index in [1.165, 1.54) is 0 Å². The van der Waals surface area contributed by atoms with E-state index in [2.05, 4.69) is 20.2 Å². The third-order valence-electron chi connectivity index (χ3n) is 3.87. The summed E-state index contributed by atoms with van der Waals surface area (Å²) < 4.78 is 16.0. The predicted octanol–water partition coefficient (Wildman–Crippen LogP) is 3.37. The van der Waals surface area contributed by atoms with Gasteiger partial charge in [0.25, 0.3) is 0 Å². The van der Waals surface area contributed by atoms with Crippen molar-refractivity contribution in [3.05, 3.63) is 65.2 Å². The number of pyridine rings is 1. The van der Waals surface area contributed by atoms with Crippen molar-refractivity contribution >= 4 is 28.2 Å². The molecule has 1 aliphatic rings. The number of nitrogens with zero attached hydrogens (tertiary/aromatic N) is 4. The molecule has 0 unspecified atom stereocenters. The van der Waals surface area contributed by atoms with Crippen LogP contribution in [0, 0.1) is 0 Å². The number of imidazole rings is 1. The fourth-order valence-electron chi connectivity index (χ4n) is 2.69. The third-order valence-corrected chi connectivity index (χ3v) is 4.08. The highest BCUT2D eigenvalue weighted by molar-refractivity contribution is 6.29. The molecule has 0 saturated heterocycles. The first-order valence-corrected chi connectivity index (χ1v) is 7.99. The first kappa shape index (κ1) is 15.0. The van der Waals surface area contributed by atoms with Gasteiger partial charge in [0, 0.05) is 18.1 Å². The second-order valence-corrected chi connectivity index (χ2v) is 6.00. The number of fused-ring (bicyclic) bond motifs is 1. The molecule has 1 N–H and O–H groups in total. The van der Waals surface area contributed by atoms with Crippen LogP contribution in [0.3, 0.4) is 0 Å². The van der Waals surface area contributed by atoms with Crippen molar-refractivity contribution in [3.8, 4) is 0 Å². The molecule has 0 atom stereocenters. The molecular weight excluding hydrogens is 329 g/mol. The molecule has 0 spiro atoms. The molecule has 0 aliphatic heterocycles. The number of hydrogen-bond acceptors (Lipinski definition) is 3. The number of H-pyrrole nitrogens is 1. The Balaban J connectivity index is 1.66. The molecule has 4 rings (SSSR count). The summed E-state index contributed by atoms with van der Waals surface area (Å²) in [5.74, 6) is 0.434. The lowest BCUT2D eigenvalue weighted by Gasteiger charge is -2.06. The maximum atomic E-state index is 14.0. The van der Waals surface area contributed by atoms with Crippen molar-refractivity contribution < 1.29 is 8.96 Å². The van der Waals surface area contributed by atoms with Crippen LogP contribution in [0.25, 0.3) is 16.6 Å². The Labute approximate surface area is 142 Å². The van der Waals surface area contributed by atoms with Crippen LogP contribution in [0.5, 0.6) is 0 Å². The van der Waals surface area contributed by atoms with E-state index >= 15 is 0 Å². The maximum Gasteiger partial charge on any atom is 0.195 e. The van der Waals surface area contributed by atoms with Gasteiger partial charge >= 0.3 is 0 Å². The molecule has 24 heavy (non-hydrogen) atoms. The Morgan fingerprint density at radius 2 is 2.17 bits per heavy atom. The molecular formula is C17H14ClFN5+. The lowest BCUT2D eigenvalue weighted by atomic mass is 10.1. The van der Waals surface area contributed by atoms with E-state index in [4.69, 9.17) is 11.6 Å². The van der Waals surface area contributed by atoms with Crippen molar-refractivity contribution in [1.29, 1.82) is 0 Å². The van der Waals surface area contributed by atoms with Gasteiger partial charge in [-0.1, -0.05) is 23.8 Å². The van der Waals surface area contributed by atoms with Crippen LogP contribution in [0.4, 0.5) is 4.39 Å². The zero-order valence-corrected chi connectivity index (χ0v) is 13.5. The molecule has 5 nitrogen and oxygen atoms in total. The number of aromatic nitrogens is 5. The highest BCUT2D eigenvalue weighted by Crippen LogP contribution is 2.27. The fraction of sp³-hybridized carbons (Fsp3) is 0.176. The quantitative estimate of drug-likeness (QED) is 0.742. The van der Waals surface area contributed by atoms with Crippen molar-refractivity contribution in [2.45, 2.75) is 19.4 Å². The first-order valence-electron chi connectivity index (χ1n) is 7.61. The van der Waals surface area contributed by atoms with Crippen LogP contribution in [0.2, 0.25) is 5.15 Å². The van der Waals surface area contributed by atoms with Gasteiger partial charge < -0.3 is 4.98 Å². The van der Waals surface area contributed by atoms with E-state index in [0.29, 0.717) is 29.5 Å². The first-order chi connectivity index (χ1) is 11.7. The molecule has 0 bridgehead atoms. The summed E-state index contributed by atoms with van der Waals surface area (Å²) in [5.41, 5.74) is 2.97. The summed E-state index contributed by atoms with van der Waals surface area (Å²) in [6.45, 7) is 0.561. The summed E-state index contributed by atoms with van der Waals surface area (Å²) in [5, 5.41) is 8.25. The van der Waals surface area contributed by atoms with Gasteiger partial charge in [0.15, 0.2) is 24.1 Å². The molecule has 1 aliphatic carbocycles. The van der Waals surface area contributed by atoms with Crippen LogP contribution in [-0.2, 0) is 6.54 Å². The van der Waals surface area contributed by atoms with E-state index in [1.807, 2.05) is 35.2 Å². The lowest BCUT2D eigenvalue weighted by molar-refractivity contribution is -0.687. The number of halogens is 2. The van der Waals surface area contributed by atoms with Crippen LogP contribution >= 0.6 is 11.6 Å². The molecule has 0 fully saturated rings. The summed E-state index contributed by atoms with van der Waals surface area (Å²) in [6, 6.07) is 5.43. The largest absolute Gasteiger partial charge is 0.333 e. The molecule has 3 heterocycles. The summed E-state index contributed by atoms with van der Waals surface area (Å²) >= 11 is 5.75. The van der Waals surface area contributed by atoms with Crippen molar-refractivity contribution in [2.75, 3.05) is 0 Å². The van der Waals surface area contributed by atoms with E-state index in [9.17, 15) is 4.39 Å². The molecule has 0 saturated carbocycles. The third kappa shape index (κ3) is 2.92. The normalized spacial score (nSPS) is 14.6. The molecule has 7 heteroatoms. The fourth-order valence-corrected chi connectivity index (χ4v) is 2.79. The Bertz CT molecular complexity index is 959. The Hall–Kier alpha value is -2.60. The molecule has 0 radical (unpaired) electrons. The van der Waals surface area contributed by atoms with E-state index in [-0.39, 0.29) is 5.83 Å². The van der Waals surface area contributed by atoms with Gasteiger partial charge in [0.05, 0.1) is 0 Å². The van der Waals surface area contributed by atoms with E-state index in [0.717, 1.165) is 23.1 Å². The second kappa shape index (κ2) is 6.13. The monoisotopic (exact) mass is 342 g/mol. The van der Waals surface area contributed by atoms with Gasteiger partial charge in [-0.3, -0.25) is 0 Å². The van der Waals surface area contributed by atoms with E-state index < -0.39 is 0 Å². The standard InChI is InChI=1S/C17H13ClFN5/c18-16-6-5-11(22-23-16)9-24-8-7-14-15(10-24)21-17(20-14)12-3-1-2-4-13(12)19/h1,3,5-8,10H,2,4,9H2/p+1. The highest BCUT2D eigenvalue weighted by Gasteiger charge is 2.15. The molecule has 0 aromatic carbocycles. The van der Waals surface area contributed by atoms with Crippen molar-refractivity contribution in [2.24, 2.45) is 0 Å². The van der Waals surface area contributed by atoms with Gasteiger partial charge in [0.1, 0.15) is 28.4 Å². The average molecular weight is 343 g/mol. The van der Waals surface area contributed by atoms with Crippen molar-refractivity contribution in [3.63, 3.8) is 0 Å². The number of aromatic amines is 1. The number of allylic oxidation sites excluding steroid dienone is 4. The number of rotatable bonds is 3. The Morgan fingerprint density at radius 3 is 2.96 bits per heavy atom. The average Bonchev–Trinajstić information content (AvgIpc) is 3.00. The minimum absolute atomic E-state index is 0.124. The second-order valence-electron chi connectivity index (χ2n) is 5.61. The van der Waals surface area contributed by atoms with Crippen LogP contribution in [0.15, 0.2) is 48.6 Å². The predicted molar refractivity (Wildman–Crippen MR) is 88.8 cm³/mol. The van der Waals surface area contributed by atoms with Crippen molar-refractivity contribution in [1.82, 2.24) is 20.2 Å². The van der Waals surface area contributed by atoms with Gasteiger partial charge in [0.2, 0.25) is 0 Å². The molecule has 3 aromatic rings. The summed E-state index contributed by atoms with van der Waals surface area (Å²) in [6.07, 6.45) is 8.74. The molecule has 0 amide bonds. The Kier molecular flexibility index (Phi) is 3.82. The van der Waals surface area contributed by atoms with Gasteiger partial charge in [-0.05, 0) is 18.6 Å². The Morgan fingerprint density at radius 1 is 1.25 bits per heavy atom. The number of hydrogen-bond donors (Lipinski definition) is 1. The lowest BCUT2D eigenvalue weighted by Crippen LogP contribution is -2.33. The zero-order chi connectivity index (χ0) is 16.5. The zero-order valence-electron chi connectivity index (χ0n) is 12.7. The summed E-state index contributed by atoms with van der Waals surface area (Å²) in [4.78, 5) is 7.68. The van der Waals surface area contributed by atoms with Crippen LogP contribution in [0.1, 0.15) is 24.4 Å². The minimum Gasteiger partial charge on any atom is -0.333 e. The molecule has 120 valence electrons. The van der Waals surface area contributed by atoms with Crippen LogP contribution < -0.4 is 4.57 Å². The van der Waals surface area contributed by atoms with Gasteiger partial charge in [-0.25, -0.2) is 9.37 Å². The van der Waals surface area contributed by atoms with E-state index in [1.54, 1.807) is 12.1 Å². The maximum absolute atomic E-state index is 14.0. The topological polar surface area (TPSA) is 58.3 Å². The highest BCUT2D eigenvalue weighted by atomic mass is 35.5. The summed E-state index contributed by atoms with van der Waals surface area (Å²) in [7, 11) is 0. The smallest absolute Gasteiger partial charge is 0.195 e. The van der Waals surface area contributed by atoms with Gasteiger partial charge in [-0.15, -0.1) is 10.2 Å². The van der Waals surface area contributed by atoms with Crippen LogP contribution in [-0.4, -0.2) is 20.2 Å². The minimum atomic E-state index is -0.124. The van der Waals surface area contributed by atoms with Gasteiger partial charge in [-0.2, -0.15) is 4.57 Å². The molecule has 3 aromatic heterocycles. The number of nitrogens with one attached hydrogen (secondary N) is 1.